The van der Waals surface area contributed by atoms with Crippen LogP contribution in [0.1, 0.15) is 44.1 Å². The summed E-state index contributed by atoms with van der Waals surface area (Å²) >= 11 is 0. The molecule has 31 heavy (non-hydrogen) atoms. The molecule has 2 heterocycles. The van der Waals surface area contributed by atoms with E-state index in [-0.39, 0.29) is 0 Å². The molecule has 4 bridgehead atoms. The van der Waals surface area contributed by atoms with Crippen LogP contribution >= 0.6 is 0 Å². The van der Waals surface area contributed by atoms with Gasteiger partial charge in [-0.05, 0) is 91.5 Å². The van der Waals surface area contributed by atoms with Crippen molar-refractivity contribution in [2.45, 2.75) is 43.9 Å². The first-order valence-electron chi connectivity index (χ1n) is 12.0. The molecule has 4 aliphatic carbocycles. The second-order valence-corrected chi connectivity index (χ2v) is 10.9. The maximum absolute atomic E-state index is 6.51. The Morgan fingerprint density at radius 3 is 2.26 bits per heavy atom. The lowest BCUT2D eigenvalue weighted by Crippen LogP contribution is -2.48. The SMILES string of the molecule is Cn1c2ccccc2c2c3c(ccc21)oc1cc(C24CC5CC(CC(C5)C2)C4)ccc13. The first-order valence-corrected chi connectivity index (χ1v) is 12.0. The van der Waals surface area contributed by atoms with E-state index in [1.165, 1.54) is 71.1 Å². The molecular formula is C29H27NO. The van der Waals surface area contributed by atoms with Crippen LogP contribution in [0.3, 0.4) is 0 Å². The van der Waals surface area contributed by atoms with Gasteiger partial charge >= 0.3 is 0 Å². The van der Waals surface area contributed by atoms with E-state index < -0.39 is 0 Å². The Labute approximate surface area is 181 Å². The molecule has 0 atom stereocenters. The molecule has 2 heteroatoms. The number of para-hydroxylation sites is 1. The van der Waals surface area contributed by atoms with Gasteiger partial charge in [0.1, 0.15) is 11.2 Å². The van der Waals surface area contributed by atoms with Crippen molar-refractivity contribution in [3.8, 4) is 0 Å². The lowest BCUT2D eigenvalue weighted by Gasteiger charge is -2.57. The highest BCUT2D eigenvalue weighted by Gasteiger charge is 2.51. The summed E-state index contributed by atoms with van der Waals surface area (Å²) in [6.45, 7) is 0. The minimum atomic E-state index is 0.413. The first-order chi connectivity index (χ1) is 15.2. The van der Waals surface area contributed by atoms with Crippen molar-refractivity contribution in [1.82, 2.24) is 4.57 Å². The number of rotatable bonds is 1. The summed E-state index contributed by atoms with van der Waals surface area (Å²) in [5.74, 6) is 2.90. The molecule has 9 rings (SSSR count). The van der Waals surface area contributed by atoms with E-state index >= 15 is 0 Å². The zero-order valence-corrected chi connectivity index (χ0v) is 18.0. The van der Waals surface area contributed by atoms with Gasteiger partial charge in [-0.2, -0.15) is 0 Å². The van der Waals surface area contributed by atoms with Gasteiger partial charge in [-0.1, -0.05) is 30.3 Å². The molecule has 0 aliphatic heterocycles. The van der Waals surface area contributed by atoms with E-state index in [2.05, 4.69) is 66.2 Å². The van der Waals surface area contributed by atoms with E-state index in [9.17, 15) is 0 Å². The van der Waals surface area contributed by atoms with Crippen molar-refractivity contribution in [2.75, 3.05) is 0 Å². The van der Waals surface area contributed by atoms with Gasteiger partial charge in [0.25, 0.3) is 0 Å². The van der Waals surface area contributed by atoms with E-state index in [4.69, 9.17) is 4.42 Å². The Kier molecular flexibility index (Phi) is 3.02. The van der Waals surface area contributed by atoms with E-state index in [0.29, 0.717) is 5.41 Å². The minimum absolute atomic E-state index is 0.413. The number of nitrogens with zero attached hydrogens (tertiary/aromatic N) is 1. The van der Waals surface area contributed by atoms with Crippen LogP contribution in [-0.2, 0) is 12.5 Å². The Morgan fingerprint density at radius 2 is 1.48 bits per heavy atom. The molecule has 2 aromatic heterocycles. The Bertz CT molecular complexity index is 1500. The van der Waals surface area contributed by atoms with Crippen LogP contribution in [0.15, 0.2) is 59.0 Å². The number of fused-ring (bicyclic) bond motifs is 7. The molecule has 154 valence electrons. The average molecular weight is 406 g/mol. The quantitative estimate of drug-likeness (QED) is 0.279. The van der Waals surface area contributed by atoms with Crippen LogP contribution in [0, 0.1) is 17.8 Å². The number of aryl methyl sites for hydroxylation is 1. The van der Waals surface area contributed by atoms with Crippen molar-refractivity contribution in [3.63, 3.8) is 0 Å². The monoisotopic (exact) mass is 405 g/mol. The van der Waals surface area contributed by atoms with E-state index in [0.717, 1.165) is 28.9 Å². The number of hydrogen-bond acceptors (Lipinski definition) is 1. The van der Waals surface area contributed by atoms with Gasteiger partial charge in [0, 0.05) is 39.6 Å². The zero-order chi connectivity index (χ0) is 20.3. The Hall–Kier alpha value is -2.74. The second-order valence-electron chi connectivity index (χ2n) is 10.9. The molecule has 0 N–H and O–H groups in total. The van der Waals surface area contributed by atoms with Gasteiger partial charge in [-0.3, -0.25) is 0 Å². The van der Waals surface area contributed by atoms with Crippen LogP contribution in [0.25, 0.3) is 43.7 Å². The molecule has 4 saturated carbocycles. The first kappa shape index (κ1) is 16.9. The fourth-order valence-corrected chi connectivity index (χ4v) is 8.31. The largest absolute Gasteiger partial charge is 0.456 e. The van der Waals surface area contributed by atoms with E-state index in [1.54, 1.807) is 5.56 Å². The Balaban J connectivity index is 1.39. The summed E-state index contributed by atoms with van der Waals surface area (Å²) in [4.78, 5) is 0. The molecular weight excluding hydrogens is 378 g/mol. The predicted octanol–water partition coefficient (Wildman–Crippen LogP) is 7.70. The van der Waals surface area contributed by atoms with Crippen molar-refractivity contribution < 1.29 is 4.42 Å². The molecule has 4 aliphatic rings. The normalized spacial score (nSPS) is 29.8. The van der Waals surface area contributed by atoms with Crippen LogP contribution in [-0.4, -0.2) is 4.57 Å². The highest BCUT2D eigenvalue weighted by molar-refractivity contribution is 6.26. The highest BCUT2D eigenvalue weighted by atomic mass is 16.3. The predicted molar refractivity (Wildman–Crippen MR) is 128 cm³/mol. The number of furan rings is 1. The summed E-state index contributed by atoms with van der Waals surface area (Å²) in [6.07, 6.45) is 8.68. The van der Waals surface area contributed by atoms with Crippen molar-refractivity contribution in [3.05, 3.63) is 60.2 Å². The number of hydrogen-bond donors (Lipinski definition) is 0. The summed E-state index contributed by atoms with van der Waals surface area (Å²) < 4.78 is 8.83. The van der Waals surface area contributed by atoms with E-state index in [1.807, 2.05) is 0 Å². The molecule has 0 radical (unpaired) electrons. The topological polar surface area (TPSA) is 18.1 Å². The Morgan fingerprint density at radius 1 is 0.742 bits per heavy atom. The van der Waals surface area contributed by atoms with Crippen molar-refractivity contribution in [2.24, 2.45) is 24.8 Å². The third-order valence-electron chi connectivity index (χ3n) is 9.16. The maximum atomic E-state index is 6.51. The molecule has 0 saturated heterocycles. The molecule has 3 aromatic carbocycles. The maximum Gasteiger partial charge on any atom is 0.136 e. The zero-order valence-electron chi connectivity index (χ0n) is 18.0. The van der Waals surface area contributed by atoms with Gasteiger partial charge in [0.2, 0.25) is 0 Å². The minimum Gasteiger partial charge on any atom is -0.456 e. The van der Waals surface area contributed by atoms with Crippen LogP contribution in [0.2, 0.25) is 0 Å². The van der Waals surface area contributed by atoms with Crippen LogP contribution in [0.5, 0.6) is 0 Å². The third-order valence-corrected chi connectivity index (χ3v) is 9.16. The van der Waals surface area contributed by atoms with Gasteiger partial charge in [-0.15, -0.1) is 0 Å². The molecule has 4 fully saturated rings. The molecule has 0 spiro atoms. The van der Waals surface area contributed by atoms with Crippen molar-refractivity contribution in [1.29, 1.82) is 0 Å². The molecule has 2 nitrogen and oxygen atoms in total. The summed E-state index contributed by atoms with van der Waals surface area (Å²) in [7, 11) is 2.17. The fraction of sp³-hybridized carbons (Fsp3) is 0.379. The second kappa shape index (κ2) is 5.54. The van der Waals surface area contributed by atoms with Crippen LogP contribution in [0.4, 0.5) is 0 Å². The summed E-state index contributed by atoms with van der Waals surface area (Å²) in [6, 6.07) is 20.4. The third kappa shape index (κ3) is 2.09. The lowest BCUT2D eigenvalue weighted by atomic mass is 9.48. The standard InChI is InChI=1S/C29H27NO/c1-30-23-5-3-2-4-21(23)27-24(30)8-9-25-28(27)22-7-6-20(13-26(22)31-25)29-14-17-10-18(15-29)12-19(11-17)16-29/h2-9,13,17-19H,10-12,14-16H2,1H3. The van der Waals surface area contributed by atoms with Gasteiger partial charge in [-0.25, -0.2) is 0 Å². The van der Waals surface area contributed by atoms with Gasteiger partial charge in [0.05, 0.1) is 0 Å². The van der Waals surface area contributed by atoms with Gasteiger partial charge < -0.3 is 8.98 Å². The molecule has 0 amide bonds. The van der Waals surface area contributed by atoms with Gasteiger partial charge in [0.15, 0.2) is 0 Å². The van der Waals surface area contributed by atoms with Crippen molar-refractivity contribution >= 4 is 43.7 Å². The number of benzene rings is 3. The average Bonchev–Trinajstić information content (AvgIpc) is 3.28. The smallest absolute Gasteiger partial charge is 0.136 e. The molecule has 0 unspecified atom stereocenters. The summed E-state index contributed by atoms with van der Waals surface area (Å²) in [5.41, 5.74) is 6.61. The van der Waals surface area contributed by atoms with Crippen LogP contribution < -0.4 is 0 Å². The fourth-order valence-electron chi connectivity index (χ4n) is 8.31. The lowest BCUT2D eigenvalue weighted by molar-refractivity contribution is -0.00515. The number of aromatic nitrogens is 1. The highest BCUT2D eigenvalue weighted by Crippen LogP contribution is 2.61. The summed E-state index contributed by atoms with van der Waals surface area (Å²) in [5, 5.41) is 5.20. The molecule has 5 aromatic rings.